The van der Waals surface area contributed by atoms with Gasteiger partial charge in [0.25, 0.3) is 5.91 Å². The van der Waals surface area contributed by atoms with E-state index < -0.39 is 0 Å². The van der Waals surface area contributed by atoms with Crippen LogP contribution in [0.1, 0.15) is 9.67 Å². The number of hydrogen-bond donors (Lipinski definition) is 2. The van der Waals surface area contributed by atoms with Gasteiger partial charge in [0.05, 0.1) is 27.5 Å². The average Bonchev–Trinajstić information content (AvgIpc) is 3.16. The molecular weight excluding hydrogens is 370 g/mol. The smallest absolute Gasteiger partial charge is 0.267 e. The van der Waals surface area contributed by atoms with Crippen molar-refractivity contribution in [3.63, 3.8) is 0 Å². The van der Waals surface area contributed by atoms with Gasteiger partial charge in [-0.05, 0) is 6.07 Å². The van der Waals surface area contributed by atoms with Crippen LogP contribution in [-0.4, -0.2) is 42.2 Å². The third kappa shape index (κ3) is 4.23. The standard InChI is InChI=1S/C17H17N5O4S/c1-24-11-6-10(7-12(25-2)15(11)26-3)21-16(23)13-8-19-17(27-13)22-14-4-5-18-9-20-14/h4-9H,1-3H3,(H,21,23)(H,18,19,20,22). The number of nitrogens with zero attached hydrogens (tertiary/aromatic N) is 3. The van der Waals surface area contributed by atoms with Crippen molar-refractivity contribution in [3.8, 4) is 17.2 Å². The lowest BCUT2D eigenvalue weighted by Gasteiger charge is -2.14. The molecule has 9 nitrogen and oxygen atoms in total. The van der Waals surface area contributed by atoms with Gasteiger partial charge in [0, 0.05) is 24.0 Å². The first-order chi connectivity index (χ1) is 13.1. The van der Waals surface area contributed by atoms with E-state index >= 15 is 0 Å². The lowest BCUT2D eigenvalue weighted by Crippen LogP contribution is -2.10. The number of carbonyl (C=O) groups excluding carboxylic acids is 1. The van der Waals surface area contributed by atoms with Crippen LogP contribution in [0, 0.1) is 0 Å². The van der Waals surface area contributed by atoms with Gasteiger partial charge >= 0.3 is 0 Å². The van der Waals surface area contributed by atoms with E-state index in [0.717, 1.165) is 0 Å². The number of methoxy groups -OCH3 is 3. The summed E-state index contributed by atoms with van der Waals surface area (Å²) in [5, 5.41) is 6.36. The van der Waals surface area contributed by atoms with Gasteiger partial charge in [0.15, 0.2) is 16.6 Å². The quantitative estimate of drug-likeness (QED) is 0.637. The van der Waals surface area contributed by atoms with Crippen LogP contribution in [0.2, 0.25) is 0 Å². The third-order valence-electron chi connectivity index (χ3n) is 3.47. The number of rotatable bonds is 7. The molecule has 2 aromatic heterocycles. The lowest BCUT2D eigenvalue weighted by atomic mass is 10.2. The maximum absolute atomic E-state index is 12.5. The number of ether oxygens (including phenoxy) is 3. The fraction of sp³-hybridized carbons (Fsp3) is 0.176. The second-order valence-corrected chi connectivity index (χ2v) is 6.15. The Hall–Kier alpha value is -3.40. The molecule has 0 bridgehead atoms. The summed E-state index contributed by atoms with van der Waals surface area (Å²) in [7, 11) is 4.54. The van der Waals surface area contributed by atoms with Crippen molar-refractivity contribution in [2.45, 2.75) is 0 Å². The lowest BCUT2D eigenvalue weighted by molar-refractivity contribution is 0.103. The first-order valence-electron chi connectivity index (χ1n) is 7.74. The normalized spacial score (nSPS) is 10.2. The zero-order valence-electron chi connectivity index (χ0n) is 14.8. The van der Waals surface area contributed by atoms with E-state index in [1.807, 2.05) is 0 Å². The Morgan fingerprint density at radius 2 is 1.81 bits per heavy atom. The van der Waals surface area contributed by atoms with Crippen molar-refractivity contribution < 1.29 is 19.0 Å². The second-order valence-electron chi connectivity index (χ2n) is 5.12. The fourth-order valence-corrected chi connectivity index (χ4v) is 2.98. The summed E-state index contributed by atoms with van der Waals surface area (Å²) in [5.74, 6) is 1.63. The minimum Gasteiger partial charge on any atom is -0.493 e. The Kier molecular flexibility index (Phi) is 5.67. The van der Waals surface area contributed by atoms with Gasteiger partial charge in [-0.25, -0.2) is 15.0 Å². The van der Waals surface area contributed by atoms with Gasteiger partial charge < -0.3 is 24.8 Å². The summed E-state index contributed by atoms with van der Waals surface area (Å²) in [6.07, 6.45) is 4.52. The van der Waals surface area contributed by atoms with Crippen LogP contribution in [0.4, 0.5) is 16.6 Å². The summed E-state index contributed by atoms with van der Waals surface area (Å²) < 4.78 is 15.9. The number of benzene rings is 1. The Labute approximate surface area is 159 Å². The van der Waals surface area contributed by atoms with Crippen molar-refractivity contribution in [3.05, 3.63) is 41.8 Å². The largest absolute Gasteiger partial charge is 0.493 e. The van der Waals surface area contributed by atoms with Crippen LogP contribution in [0.3, 0.4) is 0 Å². The molecule has 3 aromatic rings. The molecule has 1 aromatic carbocycles. The maximum Gasteiger partial charge on any atom is 0.267 e. The third-order valence-corrected chi connectivity index (χ3v) is 4.38. The molecule has 0 atom stereocenters. The van der Waals surface area contributed by atoms with Gasteiger partial charge in [-0.15, -0.1) is 0 Å². The molecule has 2 heterocycles. The molecule has 0 saturated carbocycles. The summed E-state index contributed by atoms with van der Waals surface area (Å²) in [5.41, 5.74) is 0.508. The zero-order chi connectivity index (χ0) is 19.2. The number of amides is 1. The molecule has 27 heavy (non-hydrogen) atoms. The minimum atomic E-state index is -0.308. The van der Waals surface area contributed by atoms with E-state index in [1.54, 1.807) is 24.4 Å². The van der Waals surface area contributed by atoms with E-state index in [2.05, 4.69) is 25.6 Å². The number of anilines is 3. The van der Waals surface area contributed by atoms with Crippen molar-refractivity contribution in [2.75, 3.05) is 32.0 Å². The molecule has 0 aliphatic rings. The summed E-state index contributed by atoms with van der Waals surface area (Å²) >= 11 is 1.20. The molecule has 1 amide bonds. The molecule has 0 saturated heterocycles. The SMILES string of the molecule is COc1cc(NC(=O)c2cnc(Nc3ccncn3)s2)cc(OC)c1OC. The van der Waals surface area contributed by atoms with Crippen LogP contribution in [0.5, 0.6) is 17.2 Å². The maximum atomic E-state index is 12.5. The van der Waals surface area contributed by atoms with Crippen LogP contribution < -0.4 is 24.8 Å². The Balaban J connectivity index is 1.76. The van der Waals surface area contributed by atoms with Crippen molar-refractivity contribution in [2.24, 2.45) is 0 Å². The molecule has 140 valence electrons. The number of aromatic nitrogens is 3. The molecule has 0 spiro atoms. The molecule has 10 heteroatoms. The Morgan fingerprint density at radius 1 is 1.07 bits per heavy atom. The van der Waals surface area contributed by atoms with E-state index in [0.29, 0.717) is 38.8 Å². The van der Waals surface area contributed by atoms with Crippen molar-refractivity contribution >= 4 is 33.9 Å². The highest BCUT2D eigenvalue weighted by Gasteiger charge is 2.16. The molecular formula is C17H17N5O4S. The number of nitrogens with one attached hydrogen (secondary N) is 2. The van der Waals surface area contributed by atoms with E-state index in [9.17, 15) is 4.79 Å². The van der Waals surface area contributed by atoms with Crippen molar-refractivity contribution in [1.82, 2.24) is 15.0 Å². The Bertz CT molecular complexity index is 907. The first-order valence-corrected chi connectivity index (χ1v) is 8.56. The van der Waals surface area contributed by atoms with Crippen LogP contribution >= 0.6 is 11.3 Å². The number of hydrogen-bond acceptors (Lipinski definition) is 9. The summed E-state index contributed by atoms with van der Waals surface area (Å²) in [6, 6.07) is 5.01. The molecule has 0 fully saturated rings. The predicted octanol–water partition coefficient (Wildman–Crippen LogP) is 2.95. The number of carbonyl (C=O) groups is 1. The average molecular weight is 387 g/mol. The summed E-state index contributed by atoms with van der Waals surface area (Å²) in [4.78, 5) is 25.0. The predicted molar refractivity (Wildman–Crippen MR) is 101 cm³/mol. The van der Waals surface area contributed by atoms with Gasteiger partial charge in [-0.2, -0.15) is 0 Å². The summed E-state index contributed by atoms with van der Waals surface area (Å²) in [6.45, 7) is 0. The highest BCUT2D eigenvalue weighted by atomic mass is 32.1. The number of thiazole rings is 1. The van der Waals surface area contributed by atoms with Gasteiger partial charge in [0.2, 0.25) is 5.75 Å². The van der Waals surface area contributed by atoms with Gasteiger partial charge in [-0.1, -0.05) is 11.3 Å². The van der Waals surface area contributed by atoms with Crippen molar-refractivity contribution in [1.29, 1.82) is 0 Å². The second kappa shape index (κ2) is 8.32. The van der Waals surface area contributed by atoms with E-state index in [1.165, 1.54) is 45.2 Å². The van der Waals surface area contributed by atoms with Crippen LogP contribution in [0.25, 0.3) is 0 Å². The van der Waals surface area contributed by atoms with Gasteiger partial charge in [-0.3, -0.25) is 4.79 Å². The highest BCUT2D eigenvalue weighted by molar-refractivity contribution is 7.17. The topological polar surface area (TPSA) is 107 Å². The first kappa shape index (κ1) is 18.4. The molecule has 2 N–H and O–H groups in total. The highest BCUT2D eigenvalue weighted by Crippen LogP contribution is 2.40. The fourth-order valence-electron chi connectivity index (χ4n) is 2.26. The van der Waals surface area contributed by atoms with Crippen LogP contribution in [0.15, 0.2) is 36.9 Å². The van der Waals surface area contributed by atoms with E-state index in [-0.39, 0.29) is 5.91 Å². The molecule has 0 radical (unpaired) electrons. The van der Waals surface area contributed by atoms with Gasteiger partial charge in [0.1, 0.15) is 17.0 Å². The molecule has 0 aliphatic carbocycles. The zero-order valence-corrected chi connectivity index (χ0v) is 15.7. The molecule has 0 unspecified atom stereocenters. The molecule has 0 aliphatic heterocycles. The van der Waals surface area contributed by atoms with Crippen LogP contribution in [-0.2, 0) is 0 Å². The minimum absolute atomic E-state index is 0.308. The Morgan fingerprint density at radius 3 is 2.41 bits per heavy atom. The molecule has 3 rings (SSSR count). The monoisotopic (exact) mass is 387 g/mol. The van der Waals surface area contributed by atoms with E-state index in [4.69, 9.17) is 14.2 Å².